The summed E-state index contributed by atoms with van der Waals surface area (Å²) in [5.74, 6) is 0.815. The molecule has 1 aromatic rings. The van der Waals surface area contributed by atoms with Crippen LogP contribution in [-0.2, 0) is 0 Å². The molecule has 1 saturated carbocycles. The topological polar surface area (TPSA) is 20.2 Å². The maximum Gasteiger partial charge on any atom is 0.0804 e. The first-order chi connectivity index (χ1) is 8.16. The van der Waals surface area contributed by atoms with Gasteiger partial charge in [-0.15, -0.1) is 0 Å². The summed E-state index contributed by atoms with van der Waals surface area (Å²) in [4.78, 5) is 0. The van der Waals surface area contributed by atoms with Gasteiger partial charge in [0, 0.05) is 15.1 Å². The van der Waals surface area contributed by atoms with Crippen LogP contribution in [0.3, 0.4) is 0 Å². The van der Waals surface area contributed by atoms with Crippen LogP contribution in [0.1, 0.15) is 50.2 Å². The predicted octanol–water partition coefficient (Wildman–Crippen LogP) is 5.11. The van der Waals surface area contributed by atoms with E-state index in [9.17, 15) is 5.11 Å². The van der Waals surface area contributed by atoms with Gasteiger partial charge in [-0.05, 0) is 37.0 Å². The minimum Gasteiger partial charge on any atom is -0.388 e. The maximum atomic E-state index is 10.2. The fourth-order valence-corrected chi connectivity index (χ4v) is 3.24. The summed E-state index contributed by atoms with van der Waals surface area (Å²) in [6.07, 6.45) is 6.89. The van der Waals surface area contributed by atoms with Gasteiger partial charge in [0.15, 0.2) is 0 Å². The van der Waals surface area contributed by atoms with E-state index < -0.39 is 6.10 Å². The van der Waals surface area contributed by atoms with Gasteiger partial charge in [0.1, 0.15) is 0 Å². The summed E-state index contributed by atoms with van der Waals surface area (Å²) in [6.45, 7) is 0. The molecule has 0 radical (unpaired) electrons. The van der Waals surface area contributed by atoms with Crippen LogP contribution in [0.4, 0.5) is 0 Å². The summed E-state index contributed by atoms with van der Waals surface area (Å²) >= 11 is 9.52. The van der Waals surface area contributed by atoms with Crippen LogP contribution >= 0.6 is 27.5 Å². The molecule has 1 aliphatic carbocycles. The Morgan fingerprint density at radius 3 is 2.76 bits per heavy atom. The number of halogens is 2. The number of benzene rings is 1. The molecule has 0 saturated heterocycles. The predicted molar refractivity (Wildman–Crippen MR) is 75.3 cm³/mol. The van der Waals surface area contributed by atoms with E-state index in [1.807, 2.05) is 18.2 Å². The molecule has 1 aliphatic rings. The van der Waals surface area contributed by atoms with Crippen LogP contribution in [-0.4, -0.2) is 5.11 Å². The summed E-state index contributed by atoms with van der Waals surface area (Å²) in [5.41, 5.74) is 0.846. The van der Waals surface area contributed by atoms with Gasteiger partial charge in [-0.2, -0.15) is 0 Å². The third kappa shape index (κ3) is 3.70. The first kappa shape index (κ1) is 13.4. The average molecular weight is 318 g/mol. The molecule has 1 unspecified atom stereocenters. The minimum absolute atomic E-state index is 0.430. The lowest BCUT2D eigenvalue weighted by molar-refractivity contribution is 0.157. The zero-order valence-electron chi connectivity index (χ0n) is 9.83. The molecule has 1 atom stereocenters. The highest BCUT2D eigenvalue weighted by Gasteiger charge is 2.18. The van der Waals surface area contributed by atoms with Gasteiger partial charge in [0.2, 0.25) is 0 Å². The monoisotopic (exact) mass is 316 g/mol. The molecule has 1 fully saturated rings. The van der Waals surface area contributed by atoms with E-state index in [0.29, 0.717) is 5.02 Å². The molecule has 0 amide bonds. The summed E-state index contributed by atoms with van der Waals surface area (Å²) in [6, 6.07) is 5.65. The van der Waals surface area contributed by atoms with E-state index in [1.165, 1.54) is 25.7 Å². The SMILES string of the molecule is OC(CCC1CCCC1)c1cc(Br)ccc1Cl. The Kier molecular flexibility index (Phi) is 4.89. The Morgan fingerprint density at radius 2 is 2.06 bits per heavy atom. The number of aliphatic hydroxyl groups excluding tert-OH is 1. The first-order valence-electron chi connectivity index (χ1n) is 6.30. The molecule has 94 valence electrons. The average Bonchev–Trinajstić information content (AvgIpc) is 2.82. The van der Waals surface area contributed by atoms with Crippen LogP contribution in [0, 0.1) is 5.92 Å². The van der Waals surface area contributed by atoms with Crippen molar-refractivity contribution in [1.29, 1.82) is 0 Å². The zero-order valence-corrected chi connectivity index (χ0v) is 12.2. The number of hydrogen-bond acceptors (Lipinski definition) is 1. The van der Waals surface area contributed by atoms with Crippen molar-refractivity contribution < 1.29 is 5.11 Å². The maximum absolute atomic E-state index is 10.2. The van der Waals surface area contributed by atoms with Crippen molar-refractivity contribution >= 4 is 27.5 Å². The number of rotatable bonds is 4. The number of hydrogen-bond donors (Lipinski definition) is 1. The Hall–Kier alpha value is -0.0500. The van der Waals surface area contributed by atoms with Crippen LogP contribution in [0.25, 0.3) is 0 Å². The lowest BCUT2D eigenvalue weighted by Gasteiger charge is -2.15. The molecular weight excluding hydrogens is 300 g/mol. The number of aliphatic hydroxyl groups is 1. The van der Waals surface area contributed by atoms with Gasteiger partial charge in [-0.25, -0.2) is 0 Å². The van der Waals surface area contributed by atoms with Crippen molar-refractivity contribution in [3.63, 3.8) is 0 Å². The second-order valence-corrected chi connectivity index (χ2v) is 6.23. The molecule has 1 N–H and O–H groups in total. The summed E-state index contributed by atoms with van der Waals surface area (Å²) in [5, 5.41) is 10.8. The van der Waals surface area contributed by atoms with E-state index in [2.05, 4.69) is 15.9 Å². The van der Waals surface area contributed by atoms with Crippen LogP contribution in [0.2, 0.25) is 5.02 Å². The second-order valence-electron chi connectivity index (χ2n) is 4.91. The van der Waals surface area contributed by atoms with Gasteiger partial charge >= 0.3 is 0 Å². The van der Waals surface area contributed by atoms with E-state index in [-0.39, 0.29) is 0 Å². The molecule has 1 nitrogen and oxygen atoms in total. The fourth-order valence-electron chi connectivity index (χ4n) is 2.62. The normalized spacial score (nSPS) is 18.5. The molecule has 0 heterocycles. The molecule has 17 heavy (non-hydrogen) atoms. The molecule has 1 aromatic carbocycles. The van der Waals surface area contributed by atoms with Crippen molar-refractivity contribution in [2.45, 2.75) is 44.6 Å². The lowest BCUT2D eigenvalue weighted by atomic mass is 9.96. The van der Waals surface area contributed by atoms with Crippen LogP contribution < -0.4 is 0 Å². The molecule has 0 aromatic heterocycles. The van der Waals surface area contributed by atoms with Crippen molar-refractivity contribution in [3.8, 4) is 0 Å². The van der Waals surface area contributed by atoms with Crippen molar-refractivity contribution in [2.75, 3.05) is 0 Å². The van der Waals surface area contributed by atoms with Crippen molar-refractivity contribution in [3.05, 3.63) is 33.3 Å². The van der Waals surface area contributed by atoms with E-state index in [1.54, 1.807) is 0 Å². The van der Waals surface area contributed by atoms with E-state index >= 15 is 0 Å². The van der Waals surface area contributed by atoms with E-state index in [0.717, 1.165) is 28.8 Å². The van der Waals surface area contributed by atoms with Crippen LogP contribution in [0.5, 0.6) is 0 Å². The van der Waals surface area contributed by atoms with E-state index in [4.69, 9.17) is 11.6 Å². The third-order valence-corrected chi connectivity index (χ3v) is 4.48. The van der Waals surface area contributed by atoms with Gasteiger partial charge < -0.3 is 5.11 Å². The van der Waals surface area contributed by atoms with Gasteiger partial charge in [-0.1, -0.05) is 53.2 Å². The Balaban J connectivity index is 1.93. The Bertz CT molecular complexity index is 374. The van der Waals surface area contributed by atoms with Gasteiger partial charge in [0.05, 0.1) is 6.10 Å². The minimum atomic E-state index is -0.430. The standard InChI is InChI=1S/C14H18BrClO/c15-11-6-7-13(16)12(9-11)14(17)8-5-10-3-1-2-4-10/h6-7,9-10,14,17H,1-5,8H2. The highest BCUT2D eigenvalue weighted by atomic mass is 79.9. The molecule has 0 bridgehead atoms. The molecule has 0 spiro atoms. The summed E-state index contributed by atoms with van der Waals surface area (Å²) in [7, 11) is 0. The second kappa shape index (κ2) is 6.21. The quantitative estimate of drug-likeness (QED) is 0.818. The van der Waals surface area contributed by atoms with Gasteiger partial charge in [0.25, 0.3) is 0 Å². The lowest BCUT2D eigenvalue weighted by Crippen LogP contribution is -2.02. The molecular formula is C14H18BrClO. The van der Waals surface area contributed by atoms with Crippen LogP contribution in [0.15, 0.2) is 22.7 Å². The summed E-state index contributed by atoms with van der Waals surface area (Å²) < 4.78 is 0.969. The third-order valence-electron chi connectivity index (χ3n) is 3.64. The largest absolute Gasteiger partial charge is 0.388 e. The highest BCUT2D eigenvalue weighted by molar-refractivity contribution is 9.10. The van der Waals surface area contributed by atoms with Gasteiger partial charge in [-0.3, -0.25) is 0 Å². The first-order valence-corrected chi connectivity index (χ1v) is 7.47. The molecule has 0 aliphatic heterocycles. The molecule has 3 heteroatoms. The van der Waals surface area contributed by atoms with Crippen molar-refractivity contribution in [2.24, 2.45) is 5.92 Å². The highest BCUT2D eigenvalue weighted by Crippen LogP contribution is 2.34. The molecule has 2 rings (SSSR count). The smallest absolute Gasteiger partial charge is 0.0804 e. The Labute approximate surface area is 116 Å². The Morgan fingerprint density at radius 1 is 1.35 bits per heavy atom. The zero-order chi connectivity index (χ0) is 12.3. The fraction of sp³-hybridized carbons (Fsp3) is 0.571. The van der Waals surface area contributed by atoms with Crippen molar-refractivity contribution in [1.82, 2.24) is 0 Å².